The molecule has 0 spiro atoms. The molecule has 0 aromatic heterocycles. The first-order valence-electron chi connectivity index (χ1n) is 8.91. The Hall–Kier alpha value is -0.0400. The van der Waals surface area contributed by atoms with E-state index in [0.717, 1.165) is 18.4 Å². The highest BCUT2D eigenvalue weighted by atomic mass is 14.9. The maximum atomic E-state index is 3.69. The Morgan fingerprint density at radius 2 is 1.45 bits per heavy atom. The largest absolute Gasteiger partial charge is 0.314 e. The fourth-order valence-electron chi connectivity index (χ4n) is 3.66. The van der Waals surface area contributed by atoms with Gasteiger partial charge >= 0.3 is 0 Å². The van der Waals surface area contributed by atoms with E-state index in [-0.39, 0.29) is 0 Å². The van der Waals surface area contributed by atoms with Crippen LogP contribution < -0.4 is 5.32 Å². The summed E-state index contributed by atoms with van der Waals surface area (Å²) in [6, 6.07) is 0.578. The molecule has 0 fully saturated rings. The third-order valence-corrected chi connectivity index (χ3v) is 6.37. The van der Waals surface area contributed by atoms with Crippen molar-refractivity contribution < 1.29 is 0 Å². The van der Waals surface area contributed by atoms with Gasteiger partial charge in [0.25, 0.3) is 0 Å². The van der Waals surface area contributed by atoms with Crippen molar-refractivity contribution in [3.63, 3.8) is 0 Å². The Bertz CT molecular complexity index is 260. The normalized spacial score (nSPS) is 21.3. The van der Waals surface area contributed by atoms with E-state index in [9.17, 15) is 0 Å². The van der Waals surface area contributed by atoms with Crippen molar-refractivity contribution in [3.05, 3.63) is 0 Å². The average Bonchev–Trinajstić information content (AvgIpc) is 2.43. The van der Waals surface area contributed by atoms with Crippen LogP contribution in [0.4, 0.5) is 0 Å². The van der Waals surface area contributed by atoms with Crippen LogP contribution in [-0.2, 0) is 0 Å². The summed E-state index contributed by atoms with van der Waals surface area (Å²) >= 11 is 0. The molecule has 0 amide bonds. The molecule has 1 heteroatoms. The summed E-state index contributed by atoms with van der Waals surface area (Å²) in [7, 11) is 0. The number of nitrogens with one attached hydrogen (secondary N) is 1. The molecule has 20 heavy (non-hydrogen) atoms. The quantitative estimate of drug-likeness (QED) is 0.527. The third kappa shape index (κ3) is 4.76. The molecule has 0 aromatic rings. The van der Waals surface area contributed by atoms with Gasteiger partial charge in [0, 0.05) is 12.6 Å². The van der Waals surface area contributed by atoms with Crippen LogP contribution in [0.5, 0.6) is 0 Å². The van der Waals surface area contributed by atoms with Gasteiger partial charge in [0.05, 0.1) is 0 Å². The number of rotatable bonds is 10. The average molecular weight is 284 g/mol. The summed E-state index contributed by atoms with van der Waals surface area (Å²) in [6.07, 6.45) is 5.19. The van der Waals surface area contributed by atoms with Gasteiger partial charge in [-0.3, -0.25) is 0 Å². The van der Waals surface area contributed by atoms with Crippen molar-refractivity contribution >= 4 is 0 Å². The predicted octanol–water partition coefficient (Wildman–Crippen LogP) is 5.89. The second-order valence-electron chi connectivity index (χ2n) is 7.81. The van der Waals surface area contributed by atoms with E-state index < -0.39 is 0 Å². The molecule has 0 aliphatic carbocycles. The third-order valence-electron chi connectivity index (χ3n) is 6.37. The maximum absolute atomic E-state index is 3.69. The molecule has 0 saturated carbocycles. The monoisotopic (exact) mass is 283 g/mol. The van der Waals surface area contributed by atoms with Gasteiger partial charge in [-0.05, 0) is 29.1 Å². The van der Waals surface area contributed by atoms with Gasteiger partial charge in [0.15, 0.2) is 0 Å². The van der Waals surface area contributed by atoms with Crippen molar-refractivity contribution in [3.8, 4) is 0 Å². The molecule has 1 N–H and O–H groups in total. The van der Waals surface area contributed by atoms with E-state index in [4.69, 9.17) is 0 Å². The maximum Gasteiger partial charge on any atom is 0.00106 e. The second kappa shape index (κ2) is 8.41. The molecule has 0 rings (SSSR count). The Balaban J connectivity index is 5.14. The molecule has 1 unspecified atom stereocenters. The summed E-state index contributed by atoms with van der Waals surface area (Å²) in [6.45, 7) is 22.7. The Labute approximate surface area is 129 Å². The summed E-state index contributed by atoms with van der Waals surface area (Å²) in [5, 5.41) is 3.69. The van der Waals surface area contributed by atoms with Crippen LogP contribution in [0.25, 0.3) is 0 Å². The smallest absolute Gasteiger partial charge is 0.00106 e. The van der Waals surface area contributed by atoms with E-state index >= 15 is 0 Å². The lowest BCUT2D eigenvalue weighted by molar-refractivity contribution is 0.00500. The first kappa shape index (κ1) is 20.0. The van der Waals surface area contributed by atoms with Gasteiger partial charge in [0.2, 0.25) is 0 Å². The van der Waals surface area contributed by atoms with Gasteiger partial charge in [-0.15, -0.1) is 0 Å². The van der Waals surface area contributed by atoms with Crippen LogP contribution in [0, 0.1) is 22.7 Å². The highest BCUT2D eigenvalue weighted by Gasteiger charge is 2.43. The molecular formula is C19H41N. The molecule has 0 aromatic carbocycles. The molecule has 0 bridgehead atoms. The minimum absolute atomic E-state index is 0.386. The standard InChI is InChI=1S/C19H41N/c1-10-13-16(6)19(9,12-3)17(7)18(8,11-2)14-20-15(4)5/h15-17,20H,10-14H2,1-9H3/t16-,17+,18-,19?/m1/s1. The minimum Gasteiger partial charge on any atom is -0.314 e. The lowest BCUT2D eigenvalue weighted by Gasteiger charge is -2.49. The summed E-state index contributed by atoms with van der Waals surface area (Å²) < 4.78 is 0. The van der Waals surface area contributed by atoms with Crippen LogP contribution in [0.15, 0.2) is 0 Å². The van der Waals surface area contributed by atoms with Crippen molar-refractivity contribution in [1.82, 2.24) is 5.32 Å². The van der Waals surface area contributed by atoms with E-state index in [1.165, 1.54) is 25.7 Å². The van der Waals surface area contributed by atoms with E-state index in [2.05, 4.69) is 67.6 Å². The molecule has 0 aliphatic rings. The van der Waals surface area contributed by atoms with Gasteiger partial charge in [-0.2, -0.15) is 0 Å². The van der Waals surface area contributed by atoms with Crippen molar-refractivity contribution in [2.45, 2.75) is 94.0 Å². The van der Waals surface area contributed by atoms with Crippen molar-refractivity contribution in [2.75, 3.05) is 6.54 Å². The molecule has 0 aliphatic heterocycles. The molecule has 0 heterocycles. The summed E-state index contributed by atoms with van der Waals surface area (Å²) in [4.78, 5) is 0. The molecule has 0 radical (unpaired) electrons. The summed E-state index contributed by atoms with van der Waals surface area (Å²) in [5.41, 5.74) is 0.830. The Morgan fingerprint density at radius 3 is 1.80 bits per heavy atom. The molecule has 4 atom stereocenters. The first-order valence-corrected chi connectivity index (χ1v) is 8.91. The topological polar surface area (TPSA) is 12.0 Å². The lowest BCUT2D eigenvalue weighted by Crippen LogP contribution is -2.47. The zero-order valence-corrected chi connectivity index (χ0v) is 15.8. The van der Waals surface area contributed by atoms with Gasteiger partial charge in [-0.1, -0.05) is 81.6 Å². The predicted molar refractivity (Wildman–Crippen MR) is 93.2 cm³/mol. The molecular weight excluding hydrogens is 242 g/mol. The lowest BCUT2D eigenvalue weighted by atomic mass is 9.57. The van der Waals surface area contributed by atoms with Gasteiger partial charge < -0.3 is 5.32 Å². The minimum atomic E-state index is 0.386. The van der Waals surface area contributed by atoms with Gasteiger partial charge in [-0.25, -0.2) is 0 Å². The van der Waals surface area contributed by atoms with Crippen LogP contribution in [0.2, 0.25) is 0 Å². The molecule has 1 nitrogen and oxygen atoms in total. The summed E-state index contributed by atoms with van der Waals surface area (Å²) in [5.74, 6) is 1.54. The second-order valence-corrected chi connectivity index (χ2v) is 7.81. The SMILES string of the molecule is CCC[C@@H](C)C(C)(CC)[C@@H](C)[C@](C)(CC)CNC(C)C. The fourth-order valence-corrected chi connectivity index (χ4v) is 3.66. The fraction of sp³-hybridized carbons (Fsp3) is 1.00. The van der Waals surface area contributed by atoms with Crippen LogP contribution in [-0.4, -0.2) is 12.6 Å². The number of hydrogen-bond acceptors (Lipinski definition) is 1. The first-order chi connectivity index (χ1) is 9.17. The van der Waals surface area contributed by atoms with Crippen molar-refractivity contribution in [1.29, 1.82) is 0 Å². The van der Waals surface area contributed by atoms with E-state index in [1.54, 1.807) is 0 Å². The molecule has 0 saturated heterocycles. The van der Waals surface area contributed by atoms with Gasteiger partial charge in [0.1, 0.15) is 0 Å². The van der Waals surface area contributed by atoms with Crippen LogP contribution in [0.1, 0.15) is 88.0 Å². The van der Waals surface area contributed by atoms with Crippen LogP contribution >= 0.6 is 0 Å². The highest BCUT2D eigenvalue weighted by Crippen LogP contribution is 2.49. The van der Waals surface area contributed by atoms with E-state index in [1.807, 2.05) is 0 Å². The van der Waals surface area contributed by atoms with E-state index in [0.29, 0.717) is 16.9 Å². The van der Waals surface area contributed by atoms with Crippen molar-refractivity contribution in [2.24, 2.45) is 22.7 Å². The Kier molecular flexibility index (Phi) is 8.40. The number of hydrogen-bond donors (Lipinski definition) is 1. The molecule has 122 valence electrons. The zero-order valence-electron chi connectivity index (χ0n) is 15.8. The Morgan fingerprint density at radius 1 is 0.900 bits per heavy atom. The van der Waals surface area contributed by atoms with Crippen LogP contribution in [0.3, 0.4) is 0 Å². The zero-order chi connectivity index (χ0) is 16.0. The highest BCUT2D eigenvalue weighted by molar-refractivity contribution is 4.94.